The van der Waals surface area contributed by atoms with Crippen molar-refractivity contribution in [3.8, 4) is 0 Å². The smallest absolute Gasteiger partial charge is 0.115 e. The minimum absolute atomic E-state index is 0.545. The van der Waals surface area contributed by atoms with Gasteiger partial charge in [0.15, 0.2) is 0 Å². The van der Waals surface area contributed by atoms with E-state index in [-0.39, 0.29) is 0 Å². The molecule has 0 saturated carbocycles. The topological polar surface area (TPSA) is 32.6 Å². The van der Waals surface area contributed by atoms with E-state index in [2.05, 4.69) is 12.1 Å². The molecule has 2 nitrogen and oxygen atoms in total. The van der Waals surface area contributed by atoms with Gasteiger partial charge in [0.25, 0.3) is 0 Å². The number of oxime groups is 1. The minimum atomic E-state index is 0.545. The molecule has 11 heavy (non-hydrogen) atoms. The van der Waals surface area contributed by atoms with Crippen molar-refractivity contribution in [2.45, 2.75) is 32.6 Å². The monoisotopic (exact) mass is 173 g/mol. The summed E-state index contributed by atoms with van der Waals surface area (Å²) in [7, 11) is 0. The summed E-state index contributed by atoms with van der Waals surface area (Å²) in [5, 5.41) is 12.9. The predicted octanol–water partition coefficient (Wildman–Crippen LogP) is 2.72. The third kappa shape index (κ3) is 2.40. The van der Waals surface area contributed by atoms with Crippen molar-refractivity contribution in [3.05, 3.63) is 0 Å². The minimum Gasteiger partial charge on any atom is -0.410 e. The molecule has 1 aliphatic rings. The van der Waals surface area contributed by atoms with Crippen molar-refractivity contribution < 1.29 is 5.21 Å². The Hall–Kier alpha value is -0.180. The fourth-order valence-electron chi connectivity index (χ4n) is 1.47. The first-order valence-corrected chi connectivity index (χ1v) is 5.21. The molecule has 0 aliphatic carbocycles. The first-order valence-electron chi connectivity index (χ1n) is 4.23. The Morgan fingerprint density at radius 2 is 2.55 bits per heavy atom. The van der Waals surface area contributed by atoms with E-state index in [1.807, 2.05) is 0 Å². The van der Waals surface area contributed by atoms with Crippen molar-refractivity contribution in [3.63, 3.8) is 0 Å². The second kappa shape index (κ2) is 4.65. The van der Waals surface area contributed by atoms with Crippen LogP contribution in [0.3, 0.4) is 0 Å². The summed E-state index contributed by atoms with van der Waals surface area (Å²) < 4.78 is 0. The lowest BCUT2D eigenvalue weighted by atomic mass is 9.99. The predicted molar refractivity (Wildman–Crippen MR) is 49.3 cm³/mol. The Labute approximate surface area is 72.1 Å². The van der Waals surface area contributed by atoms with Crippen LogP contribution in [0.25, 0.3) is 0 Å². The average Bonchev–Trinajstić information content (AvgIpc) is 2.06. The molecular weight excluding hydrogens is 158 g/mol. The molecule has 0 aromatic carbocycles. The van der Waals surface area contributed by atoms with Gasteiger partial charge in [0.05, 0.1) is 0 Å². The molecule has 0 aromatic rings. The summed E-state index contributed by atoms with van der Waals surface area (Å²) in [5.41, 5.74) is 0. The lowest BCUT2D eigenvalue weighted by Crippen LogP contribution is -2.16. The molecule has 1 heterocycles. The van der Waals surface area contributed by atoms with E-state index in [0.717, 1.165) is 10.8 Å². The lowest BCUT2D eigenvalue weighted by Gasteiger charge is -2.21. The molecule has 1 rings (SSSR count). The summed E-state index contributed by atoms with van der Waals surface area (Å²) in [5.74, 6) is 1.67. The zero-order valence-corrected chi connectivity index (χ0v) is 7.73. The van der Waals surface area contributed by atoms with Gasteiger partial charge in [-0.25, -0.2) is 0 Å². The highest BCUT2D eigenvalue weighted by Crippen LogP contribution is 2.28. The van der Waals surface area contributed by atoms with Gasteiger partial charge >= 0.3 is 0 Å². The number of rotatable bonds is 2. The maximum absolute atomic E-state index is 8.66. The Morgan fingerprint density at radius 1 is 1.73 bits per heavy atom. The van der Waals surface area contributed by atoms with Crippen LogP contribution in [-0.2, 0) is 0 Å². The van der Waals surface area contributed by atoms with Gasteiger partial charge in [0, 0.05) is 5.92 Å². The van der Waals surface area contributed by atoms with Crippen LogP contribution in [0.2, 0.25) is 0 Å². The first-order chi connectivity index (χ1) is 5.38. The molecule has 0 radical (unpaired) electrons. The van der Waals surface area contributed by atoms with Crippen LogP contribution in [0.4, 0.5) is 0 Å². The molecule has 1 fully saturated rings. The number of hydrogen-bond donors (Lipinski definition) is 1. The van der Waals surface area contributed by atoms with E-state index >= 15 is 0 Å². The second-order valence-electron chi connectivity index (χ2n) is 2.91. The van der Waals surface area contributed by atoms with Gasteiger partial charge in [-0.2, -0.15) is 0 Å². The van der Waals surface area contributed by atoms with Crippen molar-refractivity contribution in [2.24, 2.45) is 11.1 Å². The van der Waals surface area contributed by atoms with E-state index in [0.29, 0.717) is 5.92 Å². The third-order valence-corrected chi connectivity index (χ3v) is 3.24. The molecule has 3 heteroatoms. The summed E-state index contributed by atoms with van der Waals surface area (Å²) in [6.07, 6.45) is 4.84. The van der Waals surface area contributed by atoms with E-state index in [1.54, 1.807) is 11.8 Å². The van der Waals surface area contributed by atoms with Crippen LogP contribution in [0.5, 0.6) is 0 Å². The zero-order chi connectivity index (χ0) is 8.10. The van der Waals surface area contributed by atoms with Crippen LogP contribution < -0.4 is 0 Å². The van der Waals surface area contributed by atoms with Crippen LogP contribution >= 0.6 is 11.8 Å². The van der Waals surface area contributed by atoms with Gasteiger partial charge < -0.3 is 5.21 Å². The molecule has 0 amide bonds. The largest absolute Gasteiger partial charge is 0.410 e. The van der Waals surface area contributed by atoms with Crippen LogP contribution in [-0.4, -0.2) is 16.0 Å². The molecule has 1 saturated heterocycles. The summed E-state index contributed by atoms with van der Waals surface area (Å²) >= 11 is 1.71. The second-order valence-corrected chi connectivity index (χ2v) is 4.03. The molecule has 0 bridgehead atoms. The normalized spacial score (nSPS) is 29.2. The third-order valence-electron chi connectivity index (χ3n) is 2.03. The van der Waals surface area contributed by atoms with Crippen molar-refractivity contribution in [2.75, 3.05) is 5.75 Å². The van der Waals surface area contributed by atoms with Crippen LogP contribution in [0.15, 0.2) is 5.16 Å². The summed E-state index contributed by atoms with van der Waals surface area (Å²) in [6, 6.07) is 0. The van der Waals surface area contributed by atoms with Gasteiger partial charge in [0.2, 0.25) is 0 Å². The van der Waals surface area contributed by atoms with Crippen molar-refractivity contribution >= 4 is 16.8 Å². The molecule has 1 aliphatic heterocycles. The molecule has 64 valence electrons. The first kappa shape index (κ1) is 8.91. The highest BCUT2D eigenvalue weighted by molar-refractivity contribution is 8.14. The maximum atomic E-state index is 8.66. The summed E-state index contributed by atoms with van der Waals surface area (Å²) in [6.45, 7) is 2.17. The van der Waals surface area contributed by atoms with Gasteiger partial charge in [0.1, 0.15) is 5.04 Å². The molecule has 0 aromatic heterocycles. The summed E-state index contributed by atoms with van der Waals surface area (Å²) in [4.78, 5) is 0. The Balaban J connectivity index is 2.45. The lowest BCUT2D eigenvalue weighted by molar-refractivity contribution is 0.315. The number of hydrogen-bond acceptors (Lipinski definition) is 3. The highest BCUT2D eigenvalue weighted by atomic mass is 32.2. The highest BCUT2D eigenvalue weighted by Gasteiger charge is 2.20. The zero-order valence-electron chi connectivity index (χ0n) is 6.92. The SMILES string of the molecule is CCCC1CCCSC1=NO. The van der Waals surface area contributed by atoms with Gasteiger partial charge in [-0.1, -0.05) is 18.5 Å². The fraction of sp³-hybridized carbons (Fsp3) is 0.875. The molecule has 1 N–H and O–H groups in total. The van der Waals surface area contributed by atoms with E-state index in [1.165, 1.54) is 25.7 Å². The van der Waals surface area contributed by atoms with E-state index in [9.17, 15) is 0 Å². The number of thioether (sulfide) groups is 1. The molecule has 0 spiro atoms. The fourth-order valence-corrected chi connectivity index (χ4v) is 2.52. The van der Waals surface area contributed by atoms with Crippen molar-refractivity contribution in [1.29, 1.82) is 0 Å². The van der Waals surface area contributed by atoms with Gasteiger partial charge in [-0.3, -0.25) is 0 Å². The molecule has 1 atom stereocenters. The Kier molecular flexibility index (Phi) is 3.77. The van der Waals surface area contributed by atoms with Crippen LogP contribution in [0.1, 0.15) is 32.6 Å². The standard InChI is InChI=1S/C8H15NOS/c1-2-4-7-5-3-6-11-8(7)9-10/h7,10H,2-6H2,1H3. The van der Waals surface area contributed by atoms with Gasteiger partial charge in [-0.15, -0.1) is 11.8 Å². The number of nitrogens with zero attached hydrogens (tertiary/aromatic N) is 1. The van der Waals surface area contributed by atoms with Crippen molar-refractivity contribution in [1.82, 2.24) is 0 Å². The van der Waals surface area contributed by atoms with Gasteiger partial charge in [-0.05, 0) is 25.0 Å². The van der Waals surface area contributed by atoms with E-state index in [4.69, 9.17) is 5.21 Å². The Morgan fingerprint density at radius 3 is 3.18 bits per heavy atom. The quantitative estimate of drug-likeness (QED) is 0.514. The maximum Gasteiger partial charge on any atom is 0.115 e. The average molecular weight is 173 g/mol. The molecular formula is C8H15NOS. The molecule has 1 unspecified atom stereocenters. The van der Waals surface area contributed by atoms with E-state index < -0.39 is 0 Å². The Bertz CT molecular complexity index is 145. The van der Waals surface area contributed by atoms with Crippen LogP contribution in [0, 0.1) is 5.92 Å².